The molecule has 0 saturated carbocycles. The summed E-state index contributed by atoms with van der Waals surface area (Å²) >= 11 is 2.26. The molecule has 0 fully saturated rings. The van der Waals surface area contributed by atoms with Crippen molar-refractivity contribution in [2.45, 2.75) is 6.61 Å². The number of halogens is 1. The maximum absolute atomic E-state index is 8.92. The molecule has 0 spiro atoms. The van der Waals surface area contributed by atoms with Gasteiger partial charge in [-0.2, -0.15) is 0 Å². The highest BCUT2D eigenvalue weighted by molar-refractivity contribution is 14.1. The third-order valence-electron chi connectivity index (χ3n) is 1.88. The smallest absolute Gasteiger partial charge is 0.0702 e. The van der Waals surface area contributed by atoms with Gasteiger partial charge in [-0.25, -0.2) is 0 Å². The lowest BCUT2D eigenvalue weighted by Crippen LogP contribution is -1.86. The summed E-state index contributed by atoms with van der Waals surface area (Å²) < 4.78 is 1.18. The van der Waals surface area contributed by atoms with Crippen molar-refractivity contribution in [2.24, 2.45) is 0 Å². The maximum atomic E-state index is 8.92. The van der Waals surface area contributed by atoms with E-state index < -0.39 is 0 Å². The average Bonchev–Trinajstić information content (AvgIpc) is 2.16. The van der Waals surface area contributed by atoms with E-state index in [0.717, 1.165) is 16.5 Å². The molecule has 0 radical (unpaired) electrons. The molecular weight excluding hydrogens is 277 g/mol. The van der Waals surface area contributed by atoms with E-state index in [1.165, 1.54) is 3.57 Å². The molecule has 0 amide bonds. The fraction of sp³-hybridized carbons (Fsp3) is 0.100. The van der Waals surface area contributed by atoms with E-state index in [2.05, 4.69) is 33.6 Å². The molecule has 1 aromatic heterocycles. The van der Waals surface area contributed by atoms with Gasteiger partial charge in [-0.15, -0.1) is 0 Å². The fourth-order valence-electron chi connectivity index (χ4n) is 1.23. The molecule has 0 aliphatic rings. The molecular formula is C10H8INO. The number of hydrogen-bond acceptors (Lipinski definition) is 2. The highest BCUT2D eigenvalue weighted by atomic mass is 127. The lowest BCUT2D eigenvalue weighted by Gasteiger charge is -2.00. The Bertz CT molecular complexity index is 442. The lowest BCUT2D eigenvalue weighted by molar-refractivity contribution is 0.281. The van der Waals surface area contributed by atoms with E-state index in [1.54, 1.807) is 6.20 Å². The predicted octanol–water partition coefficient (Wildman–Crippen LogP) is 2.33. The van der Waals surface area contributed by atoms with E-state index in [4.69, 9.17) is 5.11 Å². The van der Waals surface area contributed by atoms with E-state index in [9.17, 15) is 0 Å². The minimum Gasteiger partial charge on any atom is -0.392 e. The van der Waals surface area contributed by atoms with E-state index in [1.807, 2.05) is 18.2 Å². The first kappa shape index (κ1) is 8.90. The van der Waals surface area contributed by atoms with Crippen LogP contribution in [0.15, 0.2) is 30.5 Å². The van der Waals surface area contributed by atoms with Gasteiger partial charge in [0.25, 0.3) is 0 Å². The minimum atomic E-state index is 0.0500. The predicted molar refractivity (Wildman–Crippen MR) is 60.4 cm³/mol. The summed E-state index contributed by atoms with van der Waals surface area (Å²) in [6.07, 6.45) is 1.70. The monoisotopic (exact) mass is 285 g/mol. The topological polar surface area (TPSA) is 33.1 Å². The molecule has 2 nitrogen and oxygen atoms in total. The second-order valence-corrected chi connectivity index (χ2v) is 4.08. The maximum Gasteiger partial charge on any atom is 0.0702 e. The Kier molecular flexibility index (Phi) is 2.46. The molecule has 1 heterocycles. The highest BCUT2D eigenvalue weighted by Crippen LogP contribution is 2.16. The summed E-state index contributed by atoms with van der Waals surface area (Å²) in [4.78, 5) is 4.23. The zero-order valence-corrected chi connectivity index (χ0v) is 9.02. The summed E-state index contributed by atoms with van der Waals surface area (Å²) in [6.45, 7) is 0.0500. The van der Waals surface area contributed by atoms with Gasteiger partial charge in [0, 0.05) is 15.2 Å². The van der Waals surface area contributed by atoms with E-state index >= 15 is 0 Å². The zero-order valence-electron chi connectivity index (χ0n) is 6.87. The number of aliphatic hydroxyl groups is 1. The van der Waals surface area contributed by atoms with E-state index in [-0.39, 0.29) is 6.61 Å². The van der Waals surface area contributed by atoms with Crippen molar-refractivity contribution in [1.29, 1.82) is 0 Å². The van der Waals surface area contributed by atoms with Crippen LogP contribution in [0.2, 0.25) is 0 Å². The number of rotatable bonds is 1. The van der Waals surface area contributed by atoms with Crippen LogP contribution in [0.3, 0.4) is 0 Å². The van der Waals surface area contributed by atoms with Crippen LogP contribution in [-0.4, -0.2) is 10.1 Å². The zero-order chi connectivity index (χ0) is 9.26. The van der Waals surface area contributed by atoms with Crippen LogP contribution in [0, 0.1) is 3.57 Å². The molecule has 1 aromatic carbocycles. The molecule has 0 unspecified atom stereocenters. The first-order valence-electron chi connectivity index (χ1n) is 3.94. The largest absolute Gasteiger partial charge is 0.392 e. The quantitative estimate of drug-likeness (QED) is 0.816. The first-order chi connectivity index (χ1) is 6.29. The van der Waals surface area contributed by atoms with Crippen LogP contribution in [0.5, 0.6) is 0 Å². The second-order valence-electron chi connectivity index (χ2n) is 2.84. The summed E-state index contributed by atoms with van der Waals surface area (Å²) in [5.41, 5.74) is 1.83. The number of aromatic nitrogens is 1. The van der Waals surface area contributed by atoms with Gasteiger partial charge in [0.2, 0.25) is 0 Å². The van der Waals surface area contributed by atoms with Crippen molar-refractivity contribution in [2.75, 3.05) is 0 Å². The summed E-state index contributed by atoms with van der Waals surface area (Å²) in [7, 11) is 0. The van der Waals surface area contributed by atoms with Crippen molar-refractivity contribution in [1.82, 2.24) is 4.98 Å². The van der Waals surface area contributed by atoms with Crippen LogP contribution in [0.1, 0.15) is 5.56 Å². The Labute approximate surface area is 89.8 Å². The van der Waals surface area contributed by atoms with Gasteiger partial charge in [0.15, 0.2) is 0 Å². The van der Waals surface area contributed by atoms with Crippen molar-refractivity contribution >= 4 is 33.5 Å². The number of nitrogens with zero attached hydrogens (tertiary/aromatic N) is 1. The summed E-state index contributed by atoms with van der Waals surface area (Å²) in [6, 6.07) is 8.03. The van der Waals surface area contributed by atoms with E-state index in [0.29, 0.717) is 0 Å². The SMILES string of the molecule is OCc1cnc2ccc(I)cc2c1. The number of fused-ring (bicyclic) bond motifs is 1. The normalized spacial score (nSPS) is 10.6. The van der Waals surface area contributed by atoms with Crippen LogP contribution >= 0.6 is 22.6 Å². The van der Waals surface area contributed by atoms with Gasteiger partial charge in [-0.3, -0.25) is 4.98 Å². The van der Waals surface area contributed by atoms with Crippen molar-refractivity contribution in [3.63, 3.8) is 0 Å². The Morgan fingerprint density at radius 2 is 2.15 bits per heavy atom. The first-order valence-corrected chi connectivity index (χ1v) is 5.02. The van der Waals surface area contributed by atoms with Gasteiger partial charge < -0.3 is 5.11 Å². The van der Waals surface area contributed by atoms with Crippen molar-refractivity contribution in [3.8, 4) is 0 Å². The van der Waals surface area contributed by atoms with Crippen molar-refractivity contribution < 1.29 is 5.11 Å². The molecule has 0 saturated heterocycles. The number of pyridine rings is 1. The van der Waals surface area contributed by atoms with Crippen LogP contribution in [0.4, 0.5) is 0 Å². The lowest BCUT2D eigenvalue weighted by atomic mass is 10.2. The molecule has 0 bridgehead atoms. The molecule has 0 aliphatic heterocycles. The molecule has 3 heteroatoms. The van der Waals surface area contributed by atoms with Crippen LogP contribution in [-0.2, 0) is 6.61 Å². The number of hydrogen-bond donors (Lipinski definition) is 1. The third-order valence-corrected chi connectivity index (χ3v) is 2.55. The Morgan fingerprint density at radius 3 is 2.92 bits per heavy atom. The number of aliphatic hydroxyl groups excluding tert-OH is 1. The van der Waals surface area contributed by atoms with Gasteiger partial charge in [0.05, 0.1) is 12.1 Å². The van der Waals surface area contributed by atoms with Crippen LogP contribution < -0.4 is 0 Å². The van der Waals surface area contributed by atoms with Crippen LogP contribution in [0.25, 0.3) is 10.9 Å². The van der Waals surface area contributed by atoms with Crippen molar-refractivity contribution in [3.05, 3.63) is 39.6 Å². The molecule has 1 N–H and O–H groups in total. The fourth-order valence-corrected chi connectivity index (χ4v) is 1.75. The second kappa shape index (κ2) is 3.59. The molecule has 66 valence electrons. The summed E-state index contributed by atoms with van der Waals surface area (Å²) in [5, 5.41) is 10.0. The number of benzene rings is 1. The Hall–Kier alpha value is -0.680. The minimum absolute atomic E-state index is 0.0500. The molecule has 2 aromatic rings. The Balaban J connectivity index is 2.68. The average molecular weight is 285 g/mol. The van der Waals surface area contributed by atoms with Gasteiger partial charge in [-0.05, 0) is 52.4 Å². The Morgan fingerprint density at radius 1 is 1.31 bits per heavy atom. The molecule has 0 atom stereocenters. The van der Waals surface area contributed by atoms with Gasteiger partial charge in [0.1, 0.15) is 0 Å². The van der Waals surface area contributed by atoms with Gasteiger partial charge in [-0.1, -0.05) is 0 Å². The summed E-state index contributed by atoms with van der Waals surface area (Å²) in [5.74, 6) is 0. The highest BCUT2D eigenvalue weighted by Gasteiger charge is 1.97. The van der Waals surface area contributed by atoms with Gasteiger partial charge >= 0.3 is 0 Å². The molecule has 2 rings (SSSR count). The third kappa shape index (κ3) is 1.81. The molecule has 0 aliphatic carbocycles. The molecule has 13 heavy (non-hydrogen) atoms. The standard InChI is InChI=1S/C10H8INO/c11-9-1-2-10-8(4-9)3-7(6-13)5-12-10/h1-5,13H,6H2.